The van der Waals surface area contributed by atoms with Crippen LogP contribution >= 0.6 is 0 Å². The molecule has 0 saturated carbocycles. The van der Waals surface area contributed by atoms with Crippen LogP contribution in [0.1, 0.15) is 20.8 Å². The third kappa shape index (κ3) is 6.96. The van der Waals surface area contributed by atoms with Crippen molar-refractivity contribution < 1.29 is 9.53 Å². The first-order valence-corrected chi connectivity index (χ1v) is 5.14. The molecule has 4 heteroatoms. The molecule has 0 aromatic rings. The summed E-state index contributed by atoms with van der Waals surface area (Å²) in [6.07, 6.45) is 1.40. The van der Waals surface area contributed by atoms with Crippen molar-refractivity contribution in [2.45, 2.75) is 26.4 Å². The predicted molar refractivity (Wildman–Crippen MR) is 61.9 cm³/mol. The van der Waals surface area contributed by atoms with Gasteiger partial charge in [0.2, 0.25) is 0 Å². The van der Waals surface area contributed by atoms with Crippen molar-refractivity contribution >= 4 is 6.09 Å². The summed E-state index contributed by atoms with van der Waals surface area (Å²) in [5.41, 5.74) is -0.448. The molecule has 0 unspecified atom stereocenters. The maximum absolute atomic E-state index is 11.7. The number of amides is 1. The first-order chi connectivity index (χ1) is 6.90. The van der Waals surface area contributed by atoms with E-state index in [4.69, 9.17) is 4.74 Å². The monoisotopic (exact) mass is 214 g/mol. The molecular weight excluding hydrogens is 192 g/mol. The zero-order chi connectivity index (χ0) is 11.9. The molecule has 0 aliphatic carbocycles. The van der Waals surface area contributed by atoms with Gasteiger partial charge < -0.3 is 15.0 Å². The van der Waals surface area contributed by atoms with Gasteiger partial charge in [-0.15, -0.1) is 6.58 Å². The van der Waals surface area contributed by atoms with Gasteiger partial charge in [-0.3, -0.25) is 0 Å². The van der Waals surface area contributed by atoms with Crippen LogP contribution in [0.5, 0.6) is 0 Å². The molecule has 88 valence electrons. The van der Waals surface area contributed by atoms with Crippen LogP contribution in [0.3, 0.4) is 0 Å². The van der Waals surface area contributed by atoms with Crippen LogP contribution in [0.25, 0.3) is 0 Å². The molecule has 0 atom stereocenters. The minimum Gasteiger partial charge on any atom is -0.444 e. The number of nitrogens with one attached hydrogen (secondary N) is 1. The van der Waals surface area contributed by atoms with Crippen molar-refractivity contribution in [1.82, 2.24) is 10.2 Å². The van der Waals surface area contributed by atoms with Gasteiger partial charge in [0.1, 0.15) is 5.60 Å². The predicted octanol–water partition coefficient (Wildman–Crippen LogP) is 1.63. The highest BCUT2D eigenvalue weighted by Crippen LogP contribution is 2.09. The van der Waals surface area contributed by atoms with Crippen molar-refractivity contribution in [3.8, 4) is 0 Å². The highest BCUT2D eigenvalue weighted by atomic mass is 16.6. The van der Waals surface area contributed by atoms with Crippen LogP contribution in [-0.4, -0.2) is 43.3 Å². The van der Waals surface area contributed by atoms with Gasteiger partial charge in [0, 0.05) is 19.6 Å². The molecule has 0 spiro atoms. The zero-order valence-corrected chi connectivity index (χ0v) is 10.2. The molecule has 1 N–H and O–H groups in total. The van der Waals surface area contributed by atoms with Gasteiger partial charge in [-0.05, 0) is 27.8 Å². The Bertz CT molecular complexity index is 209. The van der Waals surface area contributed by atoms with E-state index >= 15 is 0 Å². The summed E-state index contributed by atoms with van der Waals surface area (Å²) >= 11 is 0. The van der Waals surface area contributed by atoms with Crippen molar-refractivity contribution in [3.05, 3.63) is 12.7 Å². The number of hydrogen-bond acceptors (Lipinski definition) is 3. The molecule has 0 fully saturated rings. The van der Waals surface area contributed by atoms with E-state index in [-0.39, 0.29) is 6.09 Å². The fourth-order valence-corrected chi connectivity index (χ4v) is 0.986. The number of ether oxygens (including phenoxy) is 1. The Morgan fingerprint density at radius 3 is 2.53 bits per heavy atom. The Balaban J connectivity index is 4.21. The highest BCUT2D eigenvalue weighted by Gasteiger charge is 2.20. The van der Waals surface area contributed by atoms with Crippen LogP contribution in [-0.2, 0) is 4.74 Å². The quantitative estimate of drug-likeness (QED) is 0.707. The first-order valence-electron chi connectivity index (χ1n) is 5.14. The average molecular weight is 214 g/mol. The Kier molecular flexibility index (Phi) is 6.01. The van der Waals surface area contributed by atoms with Crippen molar-refractivity contribution in [3.63, 3.8) is 0 Å². The summed E-state index contributed by atoms with van der Waals surface area (Å²) in [5, 5.41) is 2.99. The lowest BCUT2D eigenvalue weighted by Crippen LogP contribution is -2.40. The zero-order valence-electron chi connectivity index (χ0n) is 10.2. The first kappa shape index (κ1) is 14.0. The normalized spacial score (nSPS) is 10.9. The number of likely N-dealkylation sites (N-methyl/N-ethyl adjacent to an activating group) is 1. The molecule has 0 saturated heterocycles. The van der Waals surface area contributed by atoms with Crippen LogP contribution in [0.2, 0.25) is 0 Å². The van der Waals surface area contributed by atoms with Crippen molar-refractivity contribution in [2.24, 2.45) is 0 Å². The van der Waals surface area contributed by atoms with E-state index in [0.717, 1.165) is 6.54 Å². The summed E-state index contributed by atoms with van der Waals surface area (Å²) in [6, 6.07) is 0. The molecule has 4 nitrogen and oxygen atoms in total. The number of rotatable bonds is 5. The smallest absolute Gasteiger partial charge is 0.410 e. The third-order valence-corrected chi connectivity index (χ3v) is 1.63. The number of nitrogens with zero attached hydrogens (tertiary/aromatic N) is 1. The maximum Gasteiger partial charge on any atom is 0.410 e. The van der Waals surface area contributed by atoms with Gasteiger partial charge in [0.15, 0.2) is 0 Å². The molecule has 0 aromatic carbocycles. The lowest BCUT2D eigenvalue weighted by Gasteiger charge is -2.26. The van der Waals surface area contributed by atoms with E-state index in [1.807, 2.05) is 27.8 Å². The van der Waals surface area contributed by atoms with Crippen molar-refractivity contribution in [1.29, 1.82) is 0 Å². The molecule has 15 heavy (non-hydrogen) atoms. The molecule has 1 amide bonds. The Labute approximate surface area is 92.3 Å². The second kappa shape index (κ2) is 6.45. The lowest BCUT2D eigenvalue weighted by molar-refractivity contribution is 0.0274. The van der Waals surface area contributed by atoms with Crippen molar-refractivity contribution in [2.75, 3.05) is 26.7 Å². The van der Waals surface area contributed by atoms with Crippen LogP contribution in [0.15, 0.2) is 12.7 Å². The lowest BCUT2D eigenvalue weighted by atomic mass is 10.2. The van der Waals surface area contributed by atoms with Gasteiger partial charge in [-0.1, -0.05) is 6.08 Å². The molecule has 0 heterocycles. The standard InChI is InChI=1S/C11H22N2O2/c1-6-8-13(9-7-12-5)10(14)15-11(2,3)4/h6,12H,1,7-9H2,2-5H3. The molecule has 0 aliphatic heterocycles. The number of carbonyl (C=O) groups excluding carboxylic acids is 1. The second-order valence-corrected chi connectivity index (χ2v) is 4.32. The second-order valence-electron chi connectivity index (χ2n) is 4.32. The fraction of sp³-hybridized carbons (Fsp3) is 0.727. The summed E-state index contributed by atoms with van der Waals surface area (Å²) in [4.78, 5) is 13.3. The molecular formula is C11H22N2O2. The van der Waals surface area contributed by atoms with Gasteiger partial charge in [0.25, 0.3) is 0 Å². The topological polar surface area (TPSA) is 41.6 Å². The van der Waals surface area contributed by atoms with Gasteiger partial charge >= 0.3 is 6.09 Å². The van der Waals surface area contributed by atoms with E-state index < -0.39 is 5.60 Å². The molecule has 0 radical (unpaired) electrons. The summed E-state index contributed by atoms with van der Waals surface area (Å²) < 4.78 is 5.26. The van der Waals surface area contributed by atoms with Crippen LogP contribution in [0, 0.1) is 0 Å². The van der Waals surface area contributed by atoms with Gasteiger partial charge in [0.05, 0.1) is 0 Å². The number of carbonyl (C=O) groups is 1. The van der Waals surface area contributed by atoms with Gasteiger partial charge in [-0.2, -0.15) is 0 Å². The molecule has 0 aliphatic rings. The van der Waals surface area contributed by atoms with E-state index in [1.54, 1.807) is 11.0 Å². The fourth-order valence-electron chi connectivity index (χ4n) is 0.986. The minimum absolute atomic E-state index is 0.294. The largest absolute Gasteiger partial charge is 0.444 e. The number of hydrogen-bond donors (Lipinski definition) is 1. The summed E-state index contributed by atoms with van der Waals surface area (Å²) in [6.45, 7) is 11.1. The maximum atomic E-state index is 11.7. The van der Waals surface area contributed by atoms with E-state index in [9.17, 15) is 4.79 Å². The third-order valence-electron chi connectivity index (χ3n) is 1.63. The van der Waals surface area contributed by atoms with E-state index in [0.29, 0.717) is 13.1 Å². The Morgan fingerprint density at radius 1 is 1.53 bits per heavy atom. The van der Waals surface area contributed by atoms with Gasteiger partial charge in [-0.25, -0.2) is 4.79 Å². The summed E-state index contributed by atoms with van der Waals surface area (Å²) in [5.74, 6) is 0. The molecule has 0 bridgehead atoms. The minimum atomic E-state index is -0.448. The van der Waals surface area contributed by atoms with E-state index in [1.165, 1.54) is 0 Å². The Morgan fingerprint density at radius 2 is 2.13 bits per heavy atom. The SMILES string of the molecule is C=CCN(CCNC)C(=O)OC(C)(C)C. The molecule has 0 rings (SSSR count). The molecule has 0 aromatic heterocycles. The van der Waals surface area contributed by atoms with Crippen LogP contribution in [0.4, 0.5) is 4.79 Å². The van der Waals surface area contributed by atoms with E-state index in [2.05, 4.69) is 11.9 Å². The highest BCUT2D eigenvalue weighted by molar-refractivity contribution is 5.68. The Hall–Kier alpha value is -1.03. The average Bonchev–Trinajstić information content (AvgIpc) is 2.09. The van der Waals surface area contributed by atoms with Crippen LogP contribution < -0.4 is 5.32 Å². The summed E-state index contributed by atoms with van der Waals surface area (Å²) in [7, 11) is 1.85.